The lowest BCUT2D eigenvalue weighted by Crippen LogP contribution is -2.60. The van der Waals surface area contributed by atoms with E-state index >= 15 is 0 Å². The number of carbonyl (C=O) groups excluding carboxylic acids is 2. The molecule has 24 heavy (non-hydrogen) atoms. The van der Waals surface area contributed by atoms with Gasteiger partial charge < -0.3 is 9.47 Å². The number of hydrogen-bond acceptors (Lipinski definition) is 4. The first kappa shape index (κ1) is 22.2. The van der Waals surface area contributed by atoms with Crippen LogP contribution in [-0.4, -0.2) is 42.7 Å². The average Bonchev–Trinajstić information content (AvgIpc) is 2.39. The molecular formula is C13H15F7O4. The maximum atomic E-state index is 13.6. The van der Waals surface area contributed by atoms with E-state index in [0.717, 1.165) is 13.8 Å². The number of hydrogen-bond donors (Lipinski definition) is 0. The van der Waals surface area contributed by atoms with Crippen LogP contribution in [0.15, 0.2) is 12.2 Å². The Morgan fingerprint density at radius 2 is 1.50 bits per heavy atom. The molecule has 140 valence electrons. The van der Waals surface area contributed by atoms with Crippen molar-refractivity contribution in [3.05, 3.63) is 12.2 Å². The SMILES string of the molecule is C=C(C)C(=O)OCC(=O)OC(C(C)C)C(F)(F)C(F)(F)C(F)(F)F. The van der Waals surface area contributed by atoms with Crippen molar-refractivity contribution in [1.82, 2.24) is 0 Å². The van der Waals surface area contributed by atoms with Crippen LogP contribution < -0.4 is 0 Å². The van der Waals surface area contributed by atoms with E-state index < -0.39 is 48.6 Å². The third kappa shape index (κ3) is 4.84. The third-order valence-corrected chi connectivity index (χ3v) is 2.67. The molecule has 0 aromatic rings. The molecule has 11 heteroatoms. The minimum Gasteiger partial charge on any atom is -0.453 e. The second-order valence-electron chi connectivity index (χ2n) is 5.21. The maximum Gasteiger partial charge on any atom is 0.460 e. The van der Waals surface area contributed by atoms with Gasteiger partial charge in [-0.2, -0.15) is 30.7 Å². The van der Waals surface area contributed by atoms with Gasteiger partial charge in [0.25, 0.3) is 0 Å². The molecule has 4 nitrogen and oxygen atoms in total. The molecular weight excluding hydrogens is 353 g/mol. The molecule has 0 saturated carbocycles. The number of rotatable bonds is 7. The van der Waals surface area contributed by atoms with Crippen molar-refractivity contribution in [2.45, 2.75) is 44.9 Å². The molecule has 1 atom stereocenters. The Balaban J connectivity index is 5.27. The highest BCUT2D eigenvalue weighted by molar-refractivity contribution is 5.88. The zero-order chi connectivity index (χ0) is 19.5. The van der Waals surface area contributed by atoms with Crippen LogP contribution in [0.1, 0.15) is 20.8 Å². The Labute approximate surface area is 132 Å². The number of halogens is 7. The molecule has 0 fully saturated rings. The fourth-order valence-electron chi connectivity index (χ4n) is 1.42. The van der Waals surface area contributed by atoms with Crippen LogP contribution in [0.4, 0.5) is 30.7 Å². The molecule has 0 bridgehead atoms. The van der Waals surface area contributed by atoms with Gasteiger partial charge in [0.15, 0.2) is 12.7 Å². The molecule has 0 rings (SSSR count). The first-order valence-corrected chi connectivity index (χ1v) is 6.40. The van der Waals surface area contributed by atoms with Gasteiger partial charge in [0.05, 0.1) is 0 Å². The summed E-state index contributed by atoms with van der Waals surface area (Å²) in [6.45, 7) is 4.82. The summed E-state index contributed by atoms with van der Waals surface area (Å²) in [6, 6.07) is 0. The van der Waals surface area contributed by atoms with Crippen molar-refractivity contribution in [2.24, 2.45) is 5.92 Å². The first-order valence-electron chi connectivity index (χ1n) is 6.40. The van der Waals surface area contributed by atoms with Crippen LogP contribution in [0, 0.1) is 5.92 Å². The number of ether oxygens (including phenoxy) is 2. The first-order chi connectivity index (χ1) is 10.6. The minimum absolute atomic E-state index is 0.155. The largest absolute Gasteiger partial charge is 0.460 e. The zero-order valence-corrected chi connectivity index (χ0v) is 12.8. The summed E-state index contributed by atoms with van der Waals surface area (Å²) in [5.41, 5.74) is -0.155. The Hall–Kier alpha value is -1.81. The summed E-state index contributed by atoms with van der Waals surface area (Å²) in [7, 11) is 0. The topological polar surface area (TPSA) is 52.6 Å². The normalized spacial score (nSPS) is 14.3. The number of carbonyl (C=O) groups is 2. The van der Waals surface area contributed by atoms with Gasteiger partial charge in [-0.3, -0.25) is 0 Å². The van der Waals surface area contributed by atoms with Gasteiger partial charge in [-0.25, -0.2) is 9.59 Å². The van der Waals surface area contributed by atoms with Crippen LogP contribution in [0.5, 0.6) is 0 Å². The molecule has 0 spiro atoms. The van der Waals surface area contributed by atoms with Crippen LogP contribution in [-0.2, 0) is 19.1 Å². The van der Waals surface area contributed by atoms with Gasteiger partial charge in [-0.1, -0.05) is 20.4 Å². The second kappa shape index (κ2) is 7.39. The smallest absolute Gasteiger partial charge is 0.453 e. The number of esters is 2. The van der Waals surface area contributed by atoms with E-state index in [9.17, 15) is 40.3 Å². The molecule has 0 aromatic heterocycles. The lowest BCUT2D eigenvalue weighted by atomic mass is 9.95. The quantitative estimate of drug-likeness (QED) is 0.392. The highest BCUT2D eigenvalue weighted by atomic mass is 19.4. The Morgan fingerprint density at radius 1 is 1.04 bits per heavy atom. The predicted molar refractivity (Wildman–Crippen MR) is 66.4 cm³/mol. The van der Waals surface area contributed by atoms with Gasteiger partial charge in [0.1, 0.15) is 0 Å². The molecule has 0 radical (unpaired) electrons. The molecule has 0 heterocycles. The van der Waals surface area contributed by atoms with E-state index in [0.29, 0.717) is 0 Å². The van der Waals surface area contributed by atoms with Crippen molar-refractivity contribution in [2.75, 3.05) is 6.61 Å². The van der Waals surface area contributed by atoms with E-state index in [-0.39, 0.29) is 5.57 Å². The van der Waals surface area contributed by atoms with Crippen molar-refractivity contribution in [1.29, 1.82) is 0 Å². The van der Waals surface area contributed by atoms with Gasteiger partial charge in [0, 0.05) is 5.57 Å². The number of alkyl halides is 7. The summed E-state index contributed by atoms with van der Waals surface area (Å²) in [6.07, 6.45) is -9.65. The lowest BCUT2D eigenvalue weighted by Gasteiger charge is -2.35. The molecule has 0 aromatic carbocycles. The molecule has 0 N–H and O–H groups in total. The van der Waals surface area contributed by atoms with Crippen LogP contribution in [0.3, 0.4) is 0 Å². The van der Waals surface area contributed by atoms with E-state index in [1.54, 1.807) is 0 Å². The molecule has 0 aliphatic carbocycles. The van der Waals surface area contributed by atoms with Crippen LogP contribution in [0.25, 0.3) is 0 Å². The summed E-state index contributed by atoms with van der Waals surface area (Å²) in [5.74, 6) is -16.5. The zero-order valence-electron chi connectivity index (χ0n) is 12.8. The fourth-order valence-corrected chi connectivity index (χ4v) is 1.42. The molecule has 0 amide bonds. The van der Waals surface area contributed by atoms with Crippen LogP contribution >= 0.6 is 0 Å². The monoisotopic (exact) mass is 368 g/mol. The molecule has 1 unspecified atom stereocenters. The Bertz CT molecular complexity index is 497. The van der Waals surface area contributed by atoms with Crippen LogP contribution in [0.2, 0.25) is 0 Å². The minimum atomic E-state index is -6.55. The molecule has 0 aliphatic rings. The summed E-state index contributed by atoms with van der Waals surface area (Å²) < 4.78 is 98.1. The second-order valence-corrected chi connectivity index (χ2v) is 5.21. The summed E-state index contributed by atoms with van der Waals surface area (Å²) in [4.78, 5) is 22.3. The summed E-state index contributed by atoms with van der Waals surface area (Å²) >= 11 is 0. The van der Waals surface area contributed by atoms with E-state index in [2.05, 4.69) is 16.1 Å². The Kier molecular flexibility index (Phi) is 6.83. The van der Waals surface area contributed by atoms with Crippen molar-refractivity contribution >= 4 is 11.9 Å². The van der Waals surface area contributed by atoms with Gasteiger partial charge in [0.2, 0.25) is 0 Å². The van der Waals surface area contributed by atoms with Gasteiger partial charge in [-0.15, -0.1) is 0 Å². The average molecular weight is 368 g/mol. The standard InChI is InChI=1S/C13H15F7O4/c1-6(2)9(11(14,15)12(16,17)13(18,19)20)24-8(21)5-23-10(22)7(3)4/h6,9H,3,5H2,1-2,4H3. The lowest BCUT2D eigenvalue weighted by molar-refractivity contribution is -0.374. The summed E-state index contributed by atoms with van der Waals surface area (Å²) in [5, 5.41) is 0. The van der Waals surface area contributed by atoms with E-state index in [4.69, 9.17) is 0 Å². The van der Waals surface area contributed by atoms with Crippen molar-refractivity contribution in [3.8, 4) is 0 Å². The third-order valence-electron chi connectivity index (χ3n) is 2.67. The van der Waals surface area contributed by atoms with Crippen molar-refractivity contribution in [3.63, 3.8) is 0 Å². The molecule has 0 saturated heterocycles. The predicted octanol–water partition coefficient (Wildman–Crippen LogP) is 3.51. The molecule has 0 aliphatic heterocycles. The van der Waals surface area contributed by atoms with E-state index in [1.807, 2.05) is 0 Å². The van der Waals surface area contributed by atoms with Gasteiger partial charge >= 0.3 is 30.0 Å². The van der Waals surface area contributed by atoms with Crippen molar-refractivity contribution < 1.29 is 49.8 Å². The highest BCUT2D eigenvalue weighted by Crippen LogP contribution is 2.49. The maximum absolute atomic E-state index is 13.6. The van der Waals surface area contributed by atoms with E-state index in [1.165, 1.54) is 6.92 Å². The highest BCUT2D eigenvalue weighted by Gasteiger charge is 2.76. The van der Waals surface area contributed by atoms with Gasteiger partial charge in [-0.05, 0) is 12.8 Å². The Morgan fingerprint density at radius 3 is 1.83 bits per heavy atom. The fraction of sp³-hybridized carbons (Fsp3) is 0.692.